The normalized spacial score (nSPS) is 10.8. The van der Waals surface area contributed by atoms with Gasteiger partial charge < -0.3 is 14.6 Å². The van der Waals surface area contributed by atoms with Crippen molar-refractivity contribution in [1.82, 2.24) is 0 Å². The Morgan fingerprint density at radius 3 is 1.52 bits per heavy atom. The molecular formula is C28H46O5. The van der Waals surface area contributed by atoms with Crippen molar-refractivity contribution in [2.24, 2.45) is 0 Å². The predicted octanol–water partition coefficient (Wildman–Crippen LogP) is 7.99. The van der Waals surface area contributed by atoms with Gasteiger partial charge in [0.05, 0.1) is 18.8 Å². The summed E-state index contributed by atoms with van der Waals surface area (Å²) in [5.74, 6) is -1.29. The number of ether oxygens (including phenoxy) is 2. The molecule has 0 saturated carbocycles. The summed E-state index contributed by atoms with van der Waals surface area (Å²) in [6.07, 6.45) is 18.8. The standard InChI is InChI=1S/C28H46O5/c1-3-5-7-9-11-13-15-17-21-32-27(30)24-19-20-25(26(29)23-24)28(31)33-22-18-16-14-12-10-8-6-4-2/h19-20,23,29H,3-18,21-22H2,1-2H3. The van der Waals surface area contributed by atoms with E-state index in [9.17, 15) is 14.7 Å². The van der Waals surface area contributed by atoms with Crippen molar-refractivity contribution in [3.63, 3.8) is 0 Å². The lowest BCUT2D eigenvalue weighted by Gasteiger charge is -2.09. The summed E-state index contributed by atoms with van der Waals surface area (Å²) >= 11 is 0. The summed E-state index contributed by atoms with van der Waals surface area (Å²) in [6.45, 7) is 5.14. The number of phenols is 1. The molecule has 188 valence electrons. The Labute approximate surface area is 201 Å². The highest BCUT2D eigenvalue weighted by molar-refractivity contribution is 5.95. The second-order valence-corrected chi connectivity index (χ2v) is 8.95. The smallest absolute Gasteiger partial charge is 0.341 e. The maximum absolute atomic E-state index is 12.2. The SMILES string of the molecule is CCCCCCCCCCOC(=O)c1ccc(C(=O)OCCCCCCCCCC)c(O)c1. The molecule has 0 spiro atoms. The summed E-state index contributed by atoms with van der Waals surface area (Å²) in [4.78, 5) is 24.4. The van der Waals surface area contributed by atoms with Crippen molar-refractivity contribution < 1.29 is 24.2 Å². The van der Waals surface area contributed by atoms with Crippen LogP contribution in [0.5, 0.6) is 5.75 Å². The van der Waals surface area contributed by atoms with E-state index in [1.165, 1.54) is 82.4 Å². The molecule has 5 heteroatoms. The molecule has 0 aliphatic rings. The fraction of sp³-hybridized carbons (Fsp3) is 0.714. The zero-order valence-electron chi connectivity index (χ0n) is 21.0. The predicted molar refractivity (Wildman–Crippen MR) is 134 cm³/mol. The molecule has 1 aromatic rings. The van der Waals surface area contributed by atoms with E-state index < -0.39 is 11.9 Å². The van der Waals surface area contributed by atoms with Gasteiger partial charge in [-0.15, -0.1) is 0 Å². The first-order chi connectivity index (χ1) is 16.1. The third-order valence-corrected chi connectivity index (χ3v) is 5.92. The number of carbonyl (C=O) groups is 2. The van der Waals surface area contributed by atoms with Crippen LogP contribution in [0.25, 0.3) is 0 Å². The van der Waals surface area contributed by atoms with Crippen molar-refractivity contribution in [2.75, 3.05) is 13.2 Å². The average Bonchev–Trinajstić information content (AvgIpc) is 2.81. The van der Waals surface area contributed by atoms with Gasteiger partial charge in [-0.1, -0.05) is 104 Å². The minimum atomic E-state index is -0.561. The molecule has 0 heterocycles. The van der Waals surface area contributed by atoms with E-state index in [0.717, 1.165) is 38.5 Å². The number of rotatable bonds is 20. The van der Waals surface area contributed by atoms with Crippen LogP contribution in [0.1, 0.15) is 137 Å². The van der Waals surface area contributed by atoms with Gasteiger partial charge in [0.25, 0.3) is 0 Å². The number of benzene rings is 1. The maximum atomic E-state index is 12.2. The van der Waals surface area contributed by atoms with E-state index in [-0.39, 0.29) is 16.9 Å². The minimum absolute atomic E-state index is 0.0780. The molecule has 1 rings (SSSR count). The Morgan fingerprint density at radius 1 is 0.636 bits per heavy atom. The van der Waals surface area contributed by atoms with Crippen LogP contribution < -0.4 is 0 Å². The lowest BCUT2D eigenvalue weighted by molar-refractivity contribution is 0.0480. The summed E-state index contributed by atoms with van der Waals surface area (Å²) in [6, 6.07) is 4.21. The number of hydrogen-bond acceptors (Lipinski definition) is 5. The minimum Gasteiger partial charge on any atom is -0.507 e. The van der Waals surface area contributed by atoms with E-state index in [1.54, 1.807) is 0 Å². The lowest BCUT2D eigenvalue weighted by Crippen LogP contribution is -2.09. The topological polar surface area (TPSA) is 72.8 Å². The van der Waals surface area contributed by atoms with E-state index >= 15 is 0 Å². The van der Waals surface area contributed by atoms with Crippen LogP contribution in [-0.4, -0.2) is 30.3 Å². The highest BCUT2D eigenvalue weighted by Gasteiger charge is 2.16. The van der Waals surface area contributed by atoms with E-state index in [2.05, 4.69) is 13.8 Å². The Morgan fingerprint density at radius 2 is 1.06 bits per heavy atom. The molecule has 0 aliphatic heterocycles. The van der Waals surface area contributed by atoms with Gasteiger partial charge in [0.1, 0.15) is 11.3 Å². The van der Waals surface area contributed by atoms with Gasteiger partial charge >= 0.3 is 11.9 Å². The van der Waals surface area contributed by atoms with Crippen LogP contribution in [0.4, 0.5) is 0 Å². The number of phenolic OH excluding ortho intramolecular Hbond substituents is 1. The Bertz CT molecular complexity index is 656. The van der Waals surface area contributed by atoms with Crippen LogP contribution in [0, 0.1) is 0 Å². The first-order valence-corrected chi connectivity index (χ1v) is 13.3. The molecule has 0 amide bonds. The summed E-state index contributed by atoms with van der Waals surface area (Å²) in [5, 5.41) is 10.2. The summed E-state index contributed by atoms with van der Waals surface area (Å²) < 4.78 is 10.6. The fourth-order valence-electron chi connectivity index (χ4n) is 3.79. The number of esters is 2. The number of hydrogen-bond donors (Lipinski definition) is 1. The molecular weight excluding hydrogens is 416 g/mol. The lowest BCUT2D eigenvalue weighted by atomic mass is 10.1. The third-order valence-electron chi connectivity index (χ3n) is 5.92. The zero-order valence-corrected chi connectivity index (χ0v) is 21.0. The van der Waals surface area contributed by atoms with Gasteiger partial charge in [0.15, 0.2) is 0 Å². The Balaban J connectivity index is 2.21. The number of carbonyl (C=O) groups excluding carboxylic acids is 2. The quantitative estimate of drug-likeness (QED) is 0.157. The summed E-state index contributed by atoms with van der Waals surface area (Å²) in [7, 11) is 0. The second-order valence-electron chi connectivity index (χ2n) is 8.95. The van der Waals surface area contributed by atoms with Gasteiger partial charge in [0, 0.05) is 0 Å². The van der Waals surface area contributed by atoms with Crippen molar-refractivity contribution >= 4 is 11.9 Å². The van der Waals surface area contributed by atoms with Crippen LogP contribution in [-0.2, 0) is 9.47 Å². The molecule has 0 fully saturated rings. The molecule has 0 unspecified atom stereocenters. The van der Waals surface area contributed by atoms with Crippen LogP contribution in [0.15, 0.2) is 18.2 Å². The van der Waals surface area contributed by atoms with Gasteiger partial charge in [-0.2, -0.15) is 0 Å². The number of unbranched alkanes of at least 4 members (excludes halogenated alkanes) is 14. The summed E-state index contributed by atoms with van der Waals surface area (Å²) in [5.41, 5.74) is 0.320. The van der Waals surface area contributed by atoms with E-state index in [1.807, 2.05) is 0 Å². The first-order valence-electron chi connectivity index (χ1n) is 13.3. The fourth-order valence-corrected chi connectivity index (χ4v) is 3.79. The molecule has 0 saturated heterocycles. The molecule has 0 bridgehead atoms. The number of aromatic hydroxyl groups is 1. The Hall–Kier alpha value is -2.04. The first kappa shape index (κ1) is 29.0. The maximum Gasteiger partial charge on any atom is 0.341 e. The zero-order chi connectivity index (χ0) is 24.2. The average molecular weight is 463 g/mol. The van der Waals surface area contributed by atoms with Crippen LogP contribution in [0.2, 0.25) is 0 Å². The van der Waals surface area contributed by atoms with Crippen LogP contribution in [0.3, 0.4) is 0 Å². The van der Waals surface area contributed by atoms with Gasteiger partial charge in [-0.25, -0.2) is 9.59 Å². The monoisotopic (exact) mass is 462 g/mol. The molecule has 0 radical (unpaired) electrons. The van der Waals surface area contributed by atoms with Crippen molar-refractivity contribution in [2.45, 2.75) is 117 Å². The molecule has 5 nitrogen and oxygen atoms in total. The van der Waals surface area contributed by atoms with Crippen molar-refractivity contribution in [1.29, 1.82) is 0 Å². The van der Waals surface area contributed by atoms with Gasteiger partial charge in [-0.3, -0.25) is 0 Å². The highest BCUT2D eigenvalue weighted by atomic mass is 16.5. The largest absolute Gasteiger partial charge is 0.507 e. The molecule has 0 atom stereocenters. The molecule has 0 aromatic heterocycles. The van der Waals surface area contributed by atoms with E-state index in [0.29, 0.717) is 13.2 Å². The second kappa shape index (κ2) is 19.4. The van der Waals surface area contributed by atoms with Crippen molar-refractivity contribution in [3.8, 4) is 5.75 Å². The third kappa shape index (κ3) is 14.0. The molecule has 1 aromatic carbocycles. The molecule has 33 heavy (non-hydrogen) atoms. The van der Waals surface area contributed by atoms with Crippen molar-refractivity contribution in [3.05, 3.63) is 29.3 Å². The van der Waals surface area contributed by atoms with Gasteiger partial charge in [0.2, 0.25) is 0 Å². The molecule has 0 aliphatic carbocycles. The van der Waals surface area contributed by atoms with Crippen LogP contribution >= 0.6 is 0 Å². The van der Waals surface area contributed by atoms with Gasteiger partial charge in [-0.05, 0) is 31.0 Å². The van der Waals surface area contributed by atoms with E-state index in [4.69, 9.17) is 9.47 Å². The Kier molecular flexibility index (Phi) is 17.1. The highest BCUT2D eigenvalue weighted by Crippen LogP contribution is 2.21. The molecule has 1 N–H and O–H groups in total.